The molecule has 5 heteroatoms. The number of anilines is 1. The minimum Gasteiger partial charge on any atom is -0.397 e. The van der Waals surface area contributed by atoms with Gasteiger partial charge in [-0.3, -0.25) is 4.79 Å². The lowest BCUT2D eigenvalue weighted by molar-refractivity contribution is 0.103. The van der Waals surface area contributed by atoms with Crippen molar-refractivity contribution in [2.45, 2.75) is 0 Å². The van der Waals surface area contributed by atoms with Crippen LogP contribution in [0.1, 0.15) is 15.9 Å². The van der Waals surface area contributed by atoms with Gasteiger partial charge in [0.25, 0.3) is 0 Å². The van der Waals surface area contributed by atoms with Crippen LogP contribution in [0, 0.1) is 3.57 Å². The topological polar surface area (TPSA) is 43.1 Å². The molecule has 0 atom stereocenters. The van der Waals surface area contributed by atoms with Crippen LogP contribution >= 0.6 is 45.8 Å². The zero-order chi connectivity index (χ0) is 13.3. The molecule has 2 rings (SSSR count). The van der Waals surface area contributed by atoms with E-state index in [0.29, 0.717) is 16.8 Å². The monoisotopic (exact) mass is 391 g/mol. The third-order valence-electron chi connectivity index (χ3n) is 2.42. The summed E-state index contributed by atoms with van der Waals surface area (Å²) in [6.45, 7) is 0. The predicted octanol–water partition coefficient (Wildman–Crippen LogP) is 4.41. The average Bonchev–Trinajstić information content (AvgIpc) is 2.35. The number of benzene rings is 2. The Kier molecular flexibility index (Phi) is 4.14. The molecule has 0 unspecified atom stereocenters. The zero-order valence-corrected chi connectivity index (χ0v) is 12.8. The van der Waals surface area contributed by atoms with Crippen molar-refractivity contribution in [2.75, 3.05) is 5.73 Å². The number of nitrogens with two attached hydrogens (primary N) is 1. The van der Waals surface area contributed by atoms with Crippen LogP contribution in [0.4, 0.5) is 5.69 Å². The lowest BCUT2D eigenvalue weighted by atomic mass is 10.0. The van der Waals surface area contributed by atoms with Gasteiger partial charge in [0.2, 0.25) is 0 Å². The van der Waals surface area contributed by atoms with E-state index in [0.717, 1.165) is 3.57 Å². The van der Waals surface area contributed by atoms with Crippen molar-refractivity contribution in [1.29, 1.82) is 0 Å². The molecule has 0 saturated carbocycles. The molecule has 2 aromatic rings. The van der Waals surface area contributed by atoms with Crippen molar-refractivity contribution in [3.63, 3.8) is 0 Å². The number of ketones is 1. The van der Waals surface area contributed by atoms with Gasteiger partial charge in [0.15, 0.2) is 5.78 Å². The molecule has 92 valence electrons. The van der Waals surface area contributed by atoms with Crippen LogP contribution < -0.4 is 5.73 Å². The Morgan fingerprint density at radius 1 is 1.06 bits per heavy atom. The lowest BCUT2D eigenvalue weighted by Gasteiger charge is -2.06. The number of rotatable bonds is 2. The maximum absolute atomic E-state index is 12.2. The summed E-state index contributed by atoms with van der Waals surface area (Å²) < 4.78 is 1.07. The zero-order valence-electron chi connectivity index (χ0n) is 9.08. The molecular weight excluding hydrogens is 384 g/mol. The first-order chi connectivity index (χ1) is 8.49. The Bertz CT molecular complexity index is 588. The van der Waals surface area contributed by atoms with Gasteiger partial charge in [-0.15, -0.1) is 0 Å². The fourth-order valence-corrected chi connectivity index (χ4v) is 2.20. The van der Waals surface area contributed by atoms with E-state index in [1.165, 1.54) is 12.1 Å². The van der Waals surface area contributed by atoms with Gasteiger partial charge in [0.1, 0.15) is 0 Å². The standard InChI is InChI=1S/C13H8Cl2INO/c14-10-5-8(6-11(17)12(10)15)13(18)7-1-3-9(16)4-2-7/h1-6H,17H2. The second kappa shape index (κ2) is 5.47. The third kappa shape index (κ3) is 2.79. The van der Waals surface area contributed by atoms with Crippen LogP contribution in [0.3, 0.4) is 0 Å². The van der Waals surface area contributed by atoms with Crippen molar-refractivity contribution < 1.29 is 4.79 Å². The Morgan fingerprint density at radius 3 is 2.22 bits per heavy atom. The van der Waals surface area contributed by atoms with Crippen LogP contribution in [-0.2, 0) is 0 Å². The summed E-state index contributed by atoms with van der Waals surface area (Å²) in [6.07, 6.45) is 0. The van der Waals surface area contributed by atoms with Crippen molar-refractivity contribution in [3.8, 4) is 0 Å². The molecule has 0 heterocycles. The molecular formula is C13H8Cl2INO. The molecule has 0 radical (unpaired) electrons. The normalized spacial score (nSPS) is 10.4. The summed E-state index contributed by atoms with van der Waals surface area (Å²) in [5.41, 5.74) is 7.02. The lowest BCUT2D eigenvalue weighted by Crippen LogP contribution is -2.02. The SMILES string of the molecule is Nc1cc(C(=O)c2ccc(I)cc2)cc(Cl)c1Cl. The van der Waals surface area contributed by atoms with E-state index in [4.69, 9.17) is 28.9 Å². The molecule has 2 aromatic carbocycles. The summed E-state index contributed by atoms with van der Waals surface area (Å²) in [7, 11) is 0. The van der Waals surface area contributed by atoms with Gasteiger partial charge < -0.3 is 5.73 Å². The molecule has 0 spiro atoms. The average molecular weight is 392 g/mol. The van der Waals surface area contributed by atoms with Gasteiger partial charge >= 0.3 is 0 Å². The van der Waals surface area contributed by atoms with Crippen LogP contribution in [0.5, 0.6) is 0 Å². The first-order valence-corrected chi connectivity index (χ1v) is 6.87. The van der Waals surface area contributed by atoms with Crippen molar-refractivity contribution in [2.24, 2.45) is 0 Å². The fourth-order valence-electron chi connectivity index (χ4n) is 1.51. The predicted molar refractivity (Wildman–Crippen MR) is 83.5 cm³/mol. The minimum absolute atomic E-state index is 0.128. The summed E-state index contributed by atoms with van der Waals surface area (Å²) in [5.74, 6) is -0.128. The first kappa shape index (κ1) is 13.6. The maximum Gasteiger partial charge on any atom is 0.193 e. The van der Waals surface area contributed by atoms with Crippen molar-refractivity contribution in [1.82, 2.24) is 0 Å². The number of carbonyl (C=O) groups is 1. The van der Waals surface area contributed by atoms with E-state index in [9.17, 15) is 4.79 Å². The highest BCUT2D eigenvalue weighted by atomic mass is 127. The summed E-state index contributed by atoms with van der Waals surface area (Å²) >= 11 is 13.9. The molecule has 0 aromatic heterocycles. The highest BCUT2D eigenvalue weighted by Gasteiger charge is 2.13. The minimum atomic E-state index is -0.128. The van der Waals surface area contributed by atoms with E-state index in [1.54, 1.807) is 12.1 Å². The number of hydrogen-bond donors (Lipinski definition) is 1. The van der Waals surface area contributed by atoms with Gasteiger partial charge in [-0.25, -0.2) is 0 Å². The molecule has 0 aliphatic heterocycles. The largest absolute Gasteiger partial charge is 0.397 e. The molecule has 0 fully saturated rings. The fraction of sp³-hybridized carbons (Fsp3) is 0. The van der Waals surface area contributed by atoms with Gasteiger partial charge in [-0.2, -0.15) is 0 Å². The number of hydrogen-bond acceptors (Lipinski definition) is 2. The molecule has 2 N–H and O–H groups in total. The first-order valence-electron chi connectivity index (χ1n) is 5.04. The third-order valence-corrected chi connectivity index (χ3v) is 3.96. The molecule has 0 bridgehead atoms. The molecule has 0 aliphatic carbocycles. The Hall–Kier alpha value is -0.780. The molecule has 0 saturated heterocycles. The van der Waals surface area contributed by atoms with E-state index in [-0.39, 0.29) is 15.8 Å². The van der Waals surface area contributed by atoms with Crippen LogP contribution in [0.25, 0.3) is 0 Å². The Labute approximate surface area is 128 Å². The van der Waals surface area contributed by atoms with Crippen LogP contribution in [0.2, 0.25) is 10.0 Å². The summed E-state index contributed by atoms with van der Waals surface area (Å²) in [4.78, 5) is 12.2. The number of carbonyl (C=O) groups excluding carboxylic acids is 1. The van der Waals surface area contributed by atoms with Crippen LogP contribution in [-0.4, -0.2) is 5.78 Å². The van der Waals surface area contributed by atoms with E-state index < -0.39 is 0 Å². The van der Waals surface area contributed by atoms with E-state index >= 15 is 0 Å². The highest BCUT2D eigenvalue weighted by molar-refractivity contribution is 14.1. The molecule has 18 heavy (non-hydrogen) atoms. The number of halogens is 3. The van der Waals surface area contributed by atoms with Gasteiger partial charge in [-0.05, 0) is 59.0 Å². The van der Waals surface area contributed by atoms with E-state index in [1.807, 2.05) is 12.1 Å². The number of nitrogen functional groups attached to an aromatic ring is 1. The Morgan fingerprint density at radius 2 is 1.67 bits per heavy atom. The van der Waals surface area contributed by atoms with Gasteiger partial charge in [-0.1, -0.05) is 23.2 Å². The van der Waals surface area contributed by atoms with Gasteiger partial charge in [0.05, 0.1) is 15.7 Å². The second-order valence-electron chi connectivity index (χ2n) is 3.70. The quantitative estimate of drug-likeness (QED) is 0.468. The van der Waals surface area contributed by atoms with Crippen LogP contribution in [0.15, 0.2) is 36.4 Å². The molecule has 0 aliphatic rings. The summed E-state index contributed by atoms with van der Waals surface area (Å²) in [6, 6.07) is 10.3. The molecule has 2 nitrogen and oxygen atoms in total. The maximum atomic E-state index is 12.2. The Balaban J connectivity index is 2.43. The smallest absolute Gasteiger partial charge is 0.193 e. The van der Waals surface area contributed by atoms with E-state index in [2.05, 4.69) is 22.6 Å². The second-order valence-corrected chi connectivity index (χ2v) is 5.73. The van der Waals surface area contributed by atoms with Gasteiger partial charge in [0, 0.05) is 14.7 Å². The summed E-state index contributed by atoms with van der Waals surface area (Å²) in [5, 5.41) is 0.557. The van der Waals surface area contributed by atoms with Crippen molar-refractivity contribution >= 4 is 57.3 Å². The van der Waals surface area contributed by atoms with Crippen molar-refractivity contribution in [3.05, 3.63) is 61.1 Å². The highest BCUT2D eigenvalue weighted by Crippen LogP contribution is 2.30. The molecule has 0 amide bonds.